The van der Waals surface area contributed by atoms with Gasteiger partial charge in [-0.05, 0) is 59.7 Å². The van der Waals surface area contributed by atoms with Gasteiger partial charge in [-0.3, -0.25) is 0 Å². The average Bonchev–Trinajstić information content (AvgIpc) is 2.96. The van der Waals surface area contributed by atoms with E-state index in [1.54, 1.807) is 42.5 Å². The van der Waals surface area contributed by atoms with Gasteiger partial charge in [0.2, 0.25) is 0 Å². The summed E-state index contributed by atoms with van der Waals surface area (Å²) in [6.07, 6.45) is 0. The summed E-state index contributed by atoms with van der Waals surface area (Å²) in [7, 11) is -4.77. The number of carboxylic acids is 1. The summed E-state index contributed by atoms with van der Waals surface area (Å²) < 4.78 is 35.5. The number of nitrogens with two attached hydrogens (primary N) is 1. The zero-order chi connectivity index (χ0) is 29.1. The van der Waals surface area contributed by atoms with Crippen molar-refractivity contribution >= 4 is 55.3 Å². The van der Waals surface area contributed by atoms with E-state index < -0.39 is 21.0 Å². The fraction of sp³-hybridized carbons (Fsp3) is 0. The first-order valence-electron chi connectivity index (χ1n) is 12.0. The fourth-order valence-electron chi connectivity index (χ4n) is 4.07. The topological polar surface area (TPSA) is 190 Å². The zero-order valence-electron chi connectivity index (χ0n) is 22.0. The molecule has 0 saturated carbocycles. The van der Waals surface area contributed by atoms with E-state index in [2.05, 4.69) is 20.5 Å². The van der Waals surface area contributed by atoms with E-state index in [1.165, 1.54) is 24.3 Å². The van der Waals surface area contributed by atoms with E-state index in [9.17, 15) is 22.9 Å². The Kier molecular flexibility index (Phi) is 9.14. The van der Waals surface area contributed by atoms with Gasteiger partial charge in [-0.25, -0.2) is 13.2 Å². The summed E-state index contributed by atoms with van der Waals surface area (Å²) in [6, 6.07) is 25.7. The molecule has 0 aliphatic carbocycles. The Morgan fingerprint density at radius 2 is 1.21 bits per heavy atom. The largest absolute Gasteiger partial charge is 1.00 e. The molecular formula is C29H20N5NaO6S. The number of benzene rings is 5. The number of nitrogens with zero attached hydrogens (tertiary/aromatic N) is 4. The number of azo groups is 2. The number of rotatable bonds is 7. The Morgan fingerprint density at radius 3 is 1.76 bits per heavy atom. The minimum Gasteiger partial charge on any atom is -0.744 e. The van der Waals surface area contributed by atoms with Gasteiger partial charge in [0, 0.05) is 10.8 Å². The van der Waals surface area contributed by atoms with Crippen molar-refractivity contribution in [3.05, 3.63) is 103 Å². The quantitative estimate of drug-likeness (QED) is 0.109. The van der Waals surface area contributed by atoms with Crippen molar-refractivity contribution in [1.29, 1.82) is 0 Å². The molecular weight excluding hydrogens is 569 g/mol. The average molecular weight is 590 g/mol. The van der Waals surface area contributed by atoms with Crippen molar-refractivity contribution in [3.8, 4) is 16.9 Å². The second kappa shape index (κ2) is 12.6. The van der Waals surface area contributed by atoms with Gasteiger partial charge in [0.15, 0.2) is 0 Å². The Hall–Kier alpha value is -4.46. The number of aromatic carboxylic acids is 1. The number of hydrogen-bond donors (Lipinski definition) is 3. The van der Waals surface area contributed by atoms with Gasteiger partial charge in [-0.2, -0.15) is 15.3 Å². The molecule has 0 fully saturated rings. The number of hydrogen-bond acceptors (Lipinski definition) is 10. The van der Waals surface area contributed by atoms with E-state index in [0.29, 0.717) is 16.8 Å². The number of aromatic hydroxyl groups is 1. The molecule has 0 aromatic heterocycles. The molecule has 4 N–H and O–H groups in total. The number of nitrogen functional groups attached to an aromatic ring is 1. The zero-order valence-corrected chi connectivity index (χ0v) is 24.9. The van der Waals surface area contributed by atoms with Crippen LogP contribution in [0.4, 0.5) is 28.4 Å². The van der Waals surface area contributed by atoms with Crippen LogP contribution in [-0.4, -0.2) is 29.2 Å². The third-order valence-corrected chi connectivity index (χ3v) is 7.00. The van der Waals surface area contributed by atoms with Gasteiger partial charge < -0.3 is 20.5 Å². The molecule has 0 saturated heterocycles. The number of carboxylic acid groups (broad SMARTS) is 1. The van der Waals surface area contributed by atoms with Gasteiger partial charge in [-0.15, -0.1) is 5.11 Å². The van der Waals surface area contributed by atoms with E-state index in [1.807, 2.05) is 24.3 Å². The summed E-state index contributed by atoms with van der Waals surface area (Å²) in [6.45, 7) is 0. The summed E-state index contributed by atoms with van der Waals surface area (Å²) in [4.78, 5) is 10.8. The minimum atomic E-state index is -4.77. The Bertz CT molecular complexity index is 1960. The number of fused-ring (bicyclic) bond motifs is 1. The molecule has 0 bridgehead atoms. The first-order valence-corrected chi connectivity index (χ1v) is 13.4. The minimum absolute atomic E-state index is 0. The third kappa shape index (κ3) is 6.70. The maximum Gasteiger partial charge on any atom is 1.00 e. The van der Waals surface area contributed by atoms with E-state index in [-0.39, 0.29) is 63.3 Å². The molecule has 0 unspecified atom stereocenters. The molecule has 204 valence electrons. The smallest absolute Gasteiger partial charge is 0.744 e. The predicted molar refractivity (Wildman–Crippen MR) is 152 cm³/mol. The Labute approximate surface area is 262 Å². The van der Waals surface area contributed by atoms with Crippen molar-refractivity contribution in [2.45, 2.75) is 4.90 Å². The molecule has 13 heteroatoms. The second-order valence-corrected chi connectivity index (χ2v) is 10.2. The first-order chi connectivity index (χ1) is 19.6. The van der Waals surface area contributed by atoms with Crippen LogP contribution in [0.2, 0.25) is 0 Å². The van der Waals surface area contributed by atoms with Crippen LogP contribution in [0.3, 0.4) is 0 Å². The van der Waals surface area contributed by atoms with E-state index in [0.717, 1.165) is 17.2 Å². The van der Waals surface area contributed by atoms with E-state index >= 15 is 0 Å². The van der Waals surface area contributed by atoms with Crippen molar-refractivity contribution in [3.63, 3.8) is 0 Å². The molecule has 0 radical (unpaired) electrons. The van der Waals surface area contributed by atoms with Gasteiger partial charge in [0.1, 0.15) is 27.1 Å². The van der Waals surface area contributed by atoms with Crippen LogP contribution < -0.4 is 35.3 Å². The molecule has 0 atom stereocenters. The maximum absolute atomic E-state index is 11.8. The Morgan fingerprint density at radius 1 is 0.714 bits per heavy atom. The normalized spacial score (nSPS) is 11.6. The molecule has 0 heterocycles. The maximum atomic E-state index is 11.8. The Balaban J connectivity index is 0.00000405. The van der Waals surface area contributed by atoms with Crippen molar-refractivity contribution < 1.29 is 57.5 Å². The van der Waals surface area contributed by atoms with Crippen LogP contribution in [0.25, 0.3) is 21.9 Å². The monoisotopic (exact) mass is 589 g/mol. The van der Waals surface area contributed by atoms with Crippen LogP contribution in [0, 0.1) is 0 Å². The van der Waals surface area contributed by atoms with E-state index in [4.69, 9.17) is 10.8 Å². The molecule has 0 aliphatic rings. The van der Waals surface area contributed by atoms with Gasteiger partial charge in [-0.1, -0.05) is 48.5 Å². The summed E-state index contributed by atoms with van der Waals surface area (Å²) in [5.41, 5.74) is 9.26. The van der Waals surface area contributed by atoms with Crippen molar-refractivity contribution in [2.24, 2.45) is 20.5 Å². The van der Waals surface area contributed by atoms with Crippen LogP contribution in [0.1, 0.15) is 10.4 Å². The number of carbonyl (C=O) groups is 1. The molecule has 42 heavy (non-hydrogen) atoms. The van der Waals surface area contributed by atoms with Crippen LogP contribution in [0.5, 0.6) is 5.75 Å². The molecule has 5 rings (SSSR count). The van der Waals surface area contributed by atoms with Crippen molar-refractivity contribution in [2.75, 3.05) is 5.73 Å². The fourth-order valence-corrected chi connectivity index (χ4v) is 4.77. The molecule has 5 aromatic carbocycles. The number of anilines is 1. The summed E-state index contributed by atoms with van der Waals surface area (Å²) >= 11 is 0. The second-order valence-electron chi connectivity index (χ2n) is 8.81. The van der Waals surface area contributed by atoms with Crippen molar-refractivity contribution in [1.82, 2.24) is 0 Å². The number of phenols is 1. The van der Waals surface area contributed by atoms with Gasteiger partial charge in [0.25, 0.3) is 0 Å². The van der Waals surface area contributed by atoms with Crippen LogP contribution in [-0.2, 0) is 10.1 Å². The third-order valence-electron chi connectivity index (χ3n) is 6.13. The predicted octanol–water partition coefficient (Wildman–Crippen LogP) is 4.23. The molecule has 0 aliphatic heterocycles. The summed E-state index contributed by atoms with van der Waals surface area (Å²) in [5, 5.41) is 35.8. The standard InChI is InChI=1S/C29H21N5O6S.Na/c30-28-23-4-2-1-3-22(23)27(41(38,39)40)16-25(28)34-32-20-11-7-18(8-12-20)17-5-9-19(10-6-17)31-33-21-13-14-26(35)24(15-21)29(36)37;/h1-16,35H,30H2,(H,36,37)(H,38,39,40);/q;+1/p-1. The first kappa shape index (κ1) is 30.5. The molecule has 0 amide bonds. The molecule has 11 nitrogen and oxygen atoms in total. The summed E-state index contributed by atoms with van der Waals surface area (Å²) in [5.74, 6) is -1.62. The van der Waals surface area contributed by atoms with Crippen LogP contribution in [0.15, 0.2) is 122 Å². The van der Waals surface area contributed by atoms with Gasteiger partial charge >= 0.3 is 35.5 Å². The SMILES string of the molecule is Nc1c(N=Nc2ccc(-c3ccc(N=Nc4ccc(O)c(C(=O)O)c4)cc3)cc2)cc(S(=O)(=O)[O-])c2ccccc12.[Na+]. The van der Waals surface area contributed by atoms with Crippen LogP contribution >= 0.6 is 0 Å². The van der Waals surface area contributed by atoms with Gasteiger partial charge in [0.05, 0.1) is 27.6 Å². The molecule has 5 aromatic rings. The molecule has 0 spiro atoms.